The molecule has 2 fully saturated rings. The predicted octanol–water partition coefficient (Wildman–Crippen LogP) is 3.18. The van der Waals surface area contributed by atoms with E-state index >= 15 is 0 Å². The minimum atomic E-state index is -0.742. The van der Waals surface area contributed by atoms with Gasteiger partial charge >= 0.3 is 0 Å². The SMILES string of the molecule is Cc1cccc(CN2CCOC3(CCCCN(c4ccccc4)C3=O)C2)n1. The number of rotatable bonds is 3. The molecule has 5 nitrogen and oxygen atoms in total. The van der Waals surface area contributed by atoms with Crippen molar-refractivity contribution in [2.24, 2.45) is 0 Å². The Morgan fingerprint density at radius 1 is 1.07 bits per heavy atom. The molecule has 3 heterocycles. The van der Waals surface area contributed by atoms with Crippen LogP contribution in [-0.4, -0.2) is 47.6 Å². The Hall–Kier alpha value is -2.24. The number of nitrogens with zero attached hydrogens (tertiary/aromatic N) is 3. The van der Waals surface area contributed by atoms with E-state index in [-0.39, 0.29) is 5.91 Å². The second-order valence-electron chi connectivity index (χ2n) is 7.57. The fraction of sp³-hybridized carbons (Fsp3) is 0.455. The van der Waals surface area contributed by atoms with Gasteiger partial charge in [0, 0.05) is 37.6 Å². The first kappa shape index (κ1) is 18.1. The molecule has 1 aromatic heterocycles. The van der Waals surface area contributed by atoms with Gasteiger partial charge in [-0.25, -0.2) is 0 Å². The van der Waals surface area contributed by atoms with Gasteiger partial charge in [-0.15, -0.1) is 0 Å². The van der Waals surface area contributed by atoms with E-state index in [4.69, 9.17) is 4.74 Å². The van der Waals surface area contributed by atoms with Gasteiger partial charge in [-0.2, -0.15) is 0 Å². The summed E-state index contributed by atoms with van der Waals surface area (Å²) < 4.78 is 6.19. The highest BCUT2D eigenvalue weighted by molar-refractivity contribution is 6.00. The molecule has 2 aliphatic heterocycles. The number of carbonyl (C=O) groups excluding carboxylic acids is 1. The second kappa shape index (κ2) is 7.79. The monoisotopic (exact) mass is 365 g/mol. The van der Waals surface area contributed by atoms with Crippen molar-refractivity contribution in [1.82, 2.24) is 9.88 Å². The lowest BCUT2D eigenvalue weighted by Crippen LogP contribution is -2.59. The van der Waals surface area contributed by atoms with E-state index in [1.807, 2.05) is 54.3 Å². The molecular formula is C22H27N3O2. The van der Waals surface area contributed by atoms with E-state index in [0.717, 1.165) is 56.0 Å². The van der Waals surface area contributed by atoms with Gasteiger partial charge < -0.3 is 9.64 Å². The van der Waals surface area contributed by atoms with Gasteiger partial charge in [0.1, 0.15) is 0 Å². The quantitative estimate of drug-likeness (QED) is 0.838. The average Bonchev–Trinajstić information content (AvgIpc) is 2.83. The van der Waals surface area contributed by atoms with Gasteiger partial charge in [-0.3, -0.25) is 14.7 Å². The molecule has 2 saturated heterocycles. The number of amides is 1. The summed E-state index contributed by atoms with van der Waals surface area (Å²) in [5, 5.41) is 0. The van der Waals surface area contributed by atoms with Crippen LogP contribution in [0.25, 0.3) is 0 Å². The van der Waals surface area contributed by atoms with E-state index in [1.54, 1.807) is 0 Å². The number of hydrogen-bond donors (Lipinski definition) is 0. The topological polar surface area (TPSA) is 45.7 Å². The number of aryl methyl sites for hydroxylation is 1. The van der Waals surface area contributed by atoms with Gasteiger partial charge in [0.25, 0.3) is 5.91 Å². The lowest BCUT2D eigenvalue weighted by atomic mass is 9.94. The Bertz CT molecular complexity index is 795. The molecule has 1 unspecified atom stereocenters. The van der Waals surface area contributed by atoms with Crippen LogP contribution in [0.2, 0.25) is 0 Å². The standard InChI is InChI=1S/C22H27N3O2/c1-18-8-7-9-19(23-18)16-24-14-15-27-22(17-24)12-5-6-13-25(21(22)26)20-10-3-2-4-11-20/h2-4,7-11H,5-6,12-17H2,1H3. The lowest BCUT2D eigenvalue weighted by molar-refractivity contribution is -0.158. The number of para-hydroxylation sites is 1. The highest BCUT2D eigenvalue weighted by atomic mass is 16.5. The maximum Gasteiger partial charge on any atom is 0.260 e. The normalized spacial score (nSPS) is 24.2. The number of ether oxygens (including phenoxy) is 1. The molecule has 1 spiro atoms. The van der Waals surface area contributed by atoms with Crippen LogP contribution in [-0.2, 0) is 16.1 Å². The van der Waals surface area contributed by atoms with E-state index in [1.165, 1.54) is 0 Å². The molecule has 0 N–H and O–H groups in total. The van der Waals surface area contributed by atoms with Crippen molar-refractivity contribution in [2.45, 2.75) is 38.3 Å². The van der Waals surface area contributed by atoms with Crippen LogP contribution < -0.4 is 4.90 Å². The Kier molecular flexibility index (Phi) is 5.23. The molecule has 0 aliphatic carbocycles. The van der Waals surface area contributed by atoms with E-state index in [9.17, 15) is 4.79 Å². The van der Waals surface area contributed by atoms with E-state index in [2.05, 4.69) is 16.0 Å². The van der Waals surface area contributed by atoms with Crippen molar-refractivity contribution < 1.29 is 9.53 Å². The summed E-state index contributed by atoms with van der Waals surface area (Å²) in [5.41, 5.74) is 2.29. The van der Waals surface area contributed by atoms with Crippen molar-refractivity contribution in [3.8, 4) is 0 Å². The summed E-state index contributed by atoms with van der Waals surface area (Å²) in [5.74, 6) is 0.105. The molecule has 1 aromatic carbocycles. The first-order valence-electron chi connectivity index (χ1n) is 9.82. The van der Waals surface area contributed by atoms with Crippen LogP contribution in [0.5, 0.6) is 0 Å². The van der Waals surface area contributed by atoms with E-state index < -0.39 is 5.60 Å². The third-order valence-corrected chi connectivity index (χ3v) is 5.51. The molecule has 142 valence electrons. The van der Waals surface area contributed by atoms with Gasteiger partial charge in [-0.1, -0.05) is 24.3 Å². The maximum atomic E-state index is 13.5. The van der Waals surface area contributed by atoms with Crippen molar-refractivity contribution in [1.29, 1.82) is 0 Å². The average molecular weight is 365 g/mol. The fourth-order valence-corrected chi connectivity index (χ4v) is 4.18. The van der Waals surface area contributed by atoms with Crippen LogP contribution in [0.3, 0.4) is 0 Å². The van der Waals surface area contributed by atoms with Gasteiger partial charge in [-0.05, 0) is 50.5 Å². The van der Waals surface area contributed by atoms with Crippen molar-refractivity contribution >= 4 is 11.6 Å². The van der Waals surface area contributed by atoms with Gasteiger partial charge in [0.2, 0.25) is 0 Å². The van der Waals surface area contributed by atoms with Crippen molar-refractivity contribution in [2.75, 3.05) is 31.1 Å². The molecule has 0 saturated carbocycles. The number of anilines is 1. The van der Waals surface area contributed by atoms with Crippen molar-refractivity contribution in [3.63, 3.8) is 0 Å². The second-order valence-corrected chi connectivity index (χ2v) is 7.57. The number of carbonyl (C=O) groups is 1. The third kappa shape index (κ3) is 3.89. The van der Waals surface area contributed by atoms with Gasteiger partial charge in [0.15, 0.2) is 5.60 Å². The zero-order valence-corrected chi connectivity index (χ0v) is 15.9. The predicted molar refractivity (Wildman–Crippen MR) is 106 cm³/mol. The number of benzene rings is 1. The van der Waals surface area contributed by atoms with Crippen LogP contribution in [0.15, 0.2) is 48.5 Å². The summed E-state index contributed by atoms with van der Waals surface area (Å²) >= 11 is 0. The maximum absolute atomic E-state index is 13.5. The first-order valence-corrected chi connectivity index (χ1v) is 9.82. The highest BCUT2D eigenvalue weighted by Gasteiger charge is 2.47. The molecule has 2 aromatic rings. The van der Waals surface area contributed by atoms with Crippen LogP contribution in [0.1, 0.15) is 30.7 Å². The third-order valence-electron chi connectivity index (χ3n) is 5.51. The Morgan fingerprint density at radius 3 is 2.74 bits per heavy atom. The molecular weight excluding hydrogens is 338 g/mol. The molecule has 4 rings (SSSR count). The zero-order valence-electron chi connectivity index (χ0n) is 15.9. The summed E-state index contributed by atoms with van der Waals surface area (Å²) in [6.45, 7) is 5.57. The van der Waals surface area contributed by atoms with Crippen LogP contribution in [0.4, 0.5) is 5.69 Å². The smallest absolute Gasteiger partial charge is 0.260 e. The highest BCUT2D eigenvalue weighted by Crippen LogP contribution is 2.32. The summed E-state index contributed by atoms with van der Waals surface area (Å²) in [6, 6.07) is 16.1. The number of aromatic nitrogens is 1. The summed E-state index contributed by atoms with van der Waals surface area (Å²) in [7, 11) is 0. The minimum absolute atomic E-state index is 0.105. The molecule has 1 atom stereocenters. The van der Waals surface area contributed by atoms with Crippen molar-refractivity contribution in [3.05, 3.63) is 59.9 Å². The summed E-state index contributed by atoms with van der Waals surface area (Å²) in [4.78, 5) is 22.4. The molecule has 0 bridgehead atoms. The molecule has 27 heavy (non-hydrogen) atoms. The summed E-state index contributed by atoms with van der Waals surface area (Å²) in [6.07, 6.45) is 2.80. The zero-order chi connectivity index (χ0) is 18.7. The van der Waals surface area contributed by atoms with Crippen LogP contribution in [0, 0.1) is 6.92 Å². The number of pyridine rings is 1. The molecule has 1 amide bonds. The Balaban J connectivity index is 1.55. The largest absolute Gasteiger partial charge is 0.362 e. The first-order chi connectivity index (χ1) is 13.2. The minimum Gasteiger partial charge on any atom is -0.362 e. The number of morpholine rings is 1. The molecule has 2 aliphatic rings. The van der Waals surface area contributed by atoms with Crippen LogP contribution >= 0.6 is 0 Å². The molecule has 0 radical (unpaired) electrons. The lowest BCUT2D eigenvalue weighted by Gasteiger charge is -2.42. The van der Waals surface area contributed by atoms with E-state index in [0.29, 0.717) is 13.2 Å². The van der Waals surface area contributed by atoms with Gasteiger partial charge in [0.05, 0.1) is 12.3 Å². The Labute approximate surface area is 161 Å². The number of hydrogen-bond acceptors (Lipinski definition) is 4. The fourth-order valence-electron chi connectivity index (χ4n) is 4.18. The Morgan fingerprint density at radius 2 is 1.93 bits per heavy atom. The molecule has 5 heteroatoms.